The molecule has 0 aliphatic carbocycles. The number of rotatable bonds is 4. The van der Waals surface area contributed by atoms with Crippen LogP contribution in [0.1, 0.15) is 12.6 Å². The SMILES string of the molecule is CCNCc1ncoc1-c1c(Cl)cccc1Cl. The first-order chi connectivity index (χ1) is 8.24. The molecule has 0 radical (unpaired) electrons. The van der Waals surface area contributed by atoms with E-state index in [4.69, 9.17) is 27.6 Å². The second-order valence-corrected chi connectivity index (χ2v) is 4.32. The first kappa shape index (κ1) is 12.4. The van der Waals surface area contributed by atoms with Crippen molar-refractivity contribution in [3.63, 3.8) is 0 Å². The minimum Gasteiger partial charge on any atom is -0.443 e. The largest absolute Gasteiger partial charge is 0.443 e. The Labute approximate surface area is 110 Å². The van der Waals surface area contributed by atoms with Gasteiger partial charge in [-0.1, -0.05) is 36.2 Å². The van der Waals surface area contributed by atoms with Crippen LogP contribution in [0.4, 0.5) is 0 Å². The van der Waals surface area contributed by atoms with Gasteiger partial charge in [-0.05, 0) is 18.7 Å². The van der Waals surface area contributed by atoms with Crippen molar-refractivity contribution in [2.75, 3.05) is 6.54 Å². The molecule has 0 aliphatic rings. The number of nitrogens with zero attached hydrogens (tertiary/aromatic N) is 1. The highest BCUT2D eigenvalue weighted by Crippen LogP contribution is 2.36. The van der Waals surface area contributed by atoms with Crippen LogP contribution in [0.25, 0.3) is 11.3 Å². The van der Waals surface area contributed by atoms with Gasteiger partial charge in [0.25, 0.3) is 0 Å². The number of aromatic nitrogens is 1. The number of oxazole rings is 1. The zero-order valence-corrected chi connectivity index (χ0v) is 10.8. The van der Waals surface area contributed by atoms with Gasteiger partial charge >= 0.3 is 0 Å². The summed E-state index contributed by atoms with van der Waals surface area (Å²) in [5, 5.41) is 4.32. The van der Waals surface area contributed by atoms with Crippen molar-refractivity contribution in [1.29, 1.82) is 0 Å². The number of nitrogens with one attached hydrogen (secondary N) is 1. The minimum absolute atomic E-state index is 0.562. The molecule has 0 spiro atoms. The van der Waals surface area contributed by atoms with Crippen LogP contribution in [-0.2, 0) is 6.54 Å². The van der Waals surface area contributed by atoms with Gasteiger partial charge in [-0.25, -0.2) is 4.98 Å². The van der Waals surface area contributed by atoms with Crippen molar-refractivity contribution in [1.82, 2.24) is 10.3 Å². The van der Waals surface area contributed by atoms with E-state index in [1.807, 2.05) is 6.92 Å². The summed E-state index contributed by atoms with van der Waals surface area (Å²) in [5.41, 5.74) is 1.50. The normalized spacial score (nSPS) is 10.8. The van der Waals surface area contributed by atoms with Crippen molar-refractivity contribution >= 4 is 23.2 Å². The maximum absolute atomic E-state index is 6.13. The van der Waals surface area contributed by atoms with E-state index >= 15 is 0 Å². The molecule has 0 saturated carbocycles. The van der Waals surface area contributed by atoms with Crippen LogP contribution in [0.5, 0.6) is 0 Å². The third kappa shape index (κ3) is 2.63. The summed E-state index contributed by atoms with van der Waals surface area (Å²) in [6.45, 7) is 3.52. The van der Waals surface area contributed by atoms with Gasteiger partial charge in [-0.2, -0.15) is 0 Å². The van der Waals surface area contributed by atoms with Gasteiger partial charge in [0.05, 0.1) is 15.6 Å². The molecular weight excluding hydrogens is 259 g/mol. The summed E-state index contributed by atoms with van der Waals surface area (Å²) in [5.74, 6) is 0.626. The molecule has 1 aromatic carbocycles. The van der Waals surface area contributed by atoms with Crippen molar-refractivity contribution in [2.24, 2.45) is 0 Å². The molecule has 0 saturated heterocycles. The van der Waals surface area contributed by atoms with Crippen molar-refractivity contribution in [3.8, 4) is 11.3 Å². The Morgan fingerprint density at radius 2 is 2.00 bits per heavy atom. The highest BCUT2D eigenvalue weighted by molar-refractivity contribution is 6.39. The van der Waals surface area contributed by atoms with Crippen LogP contribution >= 0.6 is 23.2 Å². The Morgan fingerprint density at radius 1 is 1.29 bits per heavy atom. The third-order valence-electron chi connectivity index (χ3n) is 2.37. The quantitative estimate of drug-likeness (QED) is 0.920. The van der Waals surface area contributed by atoms with Gasteiger partial charge in [-0.3, -0.25) is 0 Å². The van der Waals surface area contributed by atoms with Gasteiger partial charge in [0, 0.05) is 6.54 Å². The van der Waals surface area contributed by atoms with E-state index in [-0.39, 0.29) is 0 Å². The van der Waals surface area contributed by atoms with Crippen LogP contribution in [0.15, 0.2) is 29.0 Å². The van der Waals surface area contributed by atoms with E-state index in [1.165, 1.54) is 6.39 Å². The topological polar surface area (TPSA) is 38.1 Å². The Kier molecular flexibility index (Phi) is 4.05. The highest BCUT2D eigenvalue weighted by Gasteiger charge is 2.16. The first-order valence-corrected chi connectivity index (χ1v) is 6.07. The number of hydrogen-bond acceptors (Lipinski definition) is 3. The molecule has 3 nitrogen and oxygen atoms in total. The number of hydrogen-bond donors (Lipinski definition) is 1. The van der Waals surface area contributed by atoms with Crippen molar-refractivity contribution in [2.45, 2.75) is 13.5 Å². The van der Waals surface area contributed by atoms with Gasteiger partial charge in [0.1, 0.15) is 5.69 Å². The molecule has 0 atom stereocenters. The van der Waals surface area contributed by atoms with E-state index in [0.29, 0.717) is 27.9 Å². The lowest BCUT2D eigenvalue weighted by Crippen LogP contribution is -2.12. The fourth-order valence-corrected chi connectivity index (χ4v) is 2.13. The van der Waals surface area contributed by atoms with E-state index in [1.54, 1.807) is 18.2 Å². The Hall–Kier alpha value is -1.03. The minimum atomic E-state index is 0.562. The van der Waals surface area contributed by atoms with E-state index < -0.39 is 0 Å². The molecular formula is C12H12Cl2N2O. The summed E-state index contributed by atoms with van der Waals surface area (Å²) in [6.07, 6.45) is 1.40. The molecule has 1 heterocycles. The predicted octanol–water partition coefficient (Wildman–Crippen LogP) is 3.76. The van der Waals surface area contributed by atoms with Crippen LogP contribution < -0.4 is 5.32 Å². The fourth-order valence-electron chi connectivity index (χ4n) is 1.56. The first-order valence-electron chi connectivity index (χ1n) is 5.31. The van der Waals surface area contributed by atoms with Crippen LogP contribution in [0.3, 0.4) is 0 Å². The second kappa shape index (κ2) is 5.54. The molecule has 5 heteroatoms. The summed E-state index contributed by atoms with van der Waals surface area (Å²) in [4.78, 5) is 4.17. The zero-order valence-electron chi connectivity index (χ0n) is 9.34. The molecule has 90 valence electrons. The lowest BCUT2D eigenvalue weighted by molar-refractivity contribution is 0.570. The number of halogens is 2. The molecule has 0 aliphatic heterocycles. The van der Waals surface area contributed by atoms with Gasteiger partial charge in [0.2, 0.25) is 0 Å². The second-order valence-electron chi connectivity index (χ2n) is 3.51. The molecule has 0 fully saturated rings. The van der Waals surface area contributed by atoms with Gasteiger partial charge in [-0.15, -0.1) is 0 Å². The van der Waals surface area contributed by atoms with E-state index in [0.717, 1.165) is 12.2 Å². The van der Waals surface area contributed by atoms with Crippen molar-refractivity contribution < 1.29 is 4.42 Å². The summed E-state index contributed by atoms with van der Waals surface area (Å²) in [7, 11) is 0. The van der Waals surface area contributed by atoms with Crippen LogP contribution in [0, 0.1) is 0 Å². The predicted molar refractivity (Wildman–Crippen MR) is 69.3 cm³/mol. The molecule has 2 aromatic rings. The summed E-state index contributed by atoms with van der Waals surface area (Å²) in [6, 6.07) is 5.36. The summed E-state index contributed by atoms with van der Waals surface area (Å²) < 4.78 is 5.39. The molecule has 0 unspecified atom stereocenters. The lowest BCUT2D eigenvalue weighted by atomic mass is 10.1. The molecule has 0 amide bonds. The van der Waals surface area contributed by atoms with Gasteiger partial charge < -0.3 is 9.73 Å². The smallest absolute Gasteiger partial charge is 0.181 e. The number of benzene rings is 1. The maximum Gasteiger partial charge on any atom is 0.181 e. The average Bonchev–Trinajstić information content (AvgIpc) is 2.74. The fraction of sp³-hybridized carbons (Fsp3) is 0.250. The summed E-state index contributed by atoms with van der Waals surface area (Å²) >= 11 is 12.3. The Balaban J connectivity index is 2.43. The highest BCUT2D eigenvalue weighted by atomic mass is 35.5. The van der Waals surface area contributed by atoms with Gasteiger partial charge in [0.15, 0.2) is 12.2 Å². The van der Waals surface area contributed by atoms with Crippen molar-refractivity contribution in [3.05, 3.63) is 40.3 Å². The molecule has 0 bridgehead atoms. The average molecular weight is 271 g/mol. The molecule has 1 N–H and O–H groups in total. The maximum atomic E-state index is 6.13. The third-order valence-corrected chi connectivity index (χ3v) is 3.00. The zero-order chi connectivity index (χ0) is 12.3. The Morgan fingerprint density at radius 3 is 2.65 bits per heavy atom. The monoisotopic (exact) mass is 270 g/mol. The molecule has 17 heavy (non-hydrogen) atoms. The van der Waals surface area contributed by atoms with E-state index in [2.05, 4.69) is 10.3 Å². The van der Waals surface area contributed by atoms with Crippen LogP contribution in [-0.4, -0.2) is 11.5 Å². The standard InChI is InChI=1S/C12H12Cl2N2O/c1-2-15-6-10-12(17-7-16-10)11-8(13)4-3-5-9(11)14/h3-5,7,15H,2,6H2,1H3. The Bertz CT molecular complexity index is 491. The molecule has 2 rings (SSSR count). The molecule has 1 aromatic heterocycles. The van der Waals surface area contributed by atoms with E-state index in [9.17, 15) is 0 Å². The van der Waals surface area contributed by atoms with Crippen LogP contribution in [0.2, 0.25) is 10.0 Å². The lowest BCUT2D eigenvalue weighted by Gasteiger charge is -2.06.